The molecule has 0 aromatic carbocycles. The van der Waals surface area contributed by atoms with Crippen LogP contribution in [0.25, 0.3) is 0 Å². The number of rotatable bonds is 7. The van der Waals surface area contributed by atoms with Crippen molar-refractivity contribution in [1.82, 2.24) is 10.6 Å². The lowest BCUT2D eigenvalue weighted by atomic mass is 9.89. The predicted molar refractivity (Wildman–Crippen MR) is 79.4 cm³/mol. The molecule has 3 N–H and O–H groups in total. The SMILES string of the molecule is Cc1ccsc1CNC(=O)NCCCC(C)(C)CO. The van der Waals surface area contributed by atoms with E-state index in [0.717, 1.165) is 12.8 Å². The first-order valence-corrected chi connectivity index (χ1v) is 7.48. The number of aliphatic hydroxyl groups is 1. The van der Waals surface area contributed by atoms with Crippen LogP contribution in [0.5, 0.6) is 0 Å². The van der Waals surface area contributed by atoms with Crippen molar-refractivity contribution in [3.05, 3.63) is 21.9 Å². The Balaban J connectivity index is 2.14. The molecule has 0 spiro atoms. The van der Waals surface area contributed by atoms with Gasteiger partial charge in [-0.05, 0) is 42.2 Å². The number of aryl methyl sites for hydroxylation is 1. The molecule has 0 saturated carbocycles. The third-order valence-electron chi connectivity index (χ3n) is 3.12. The summed E-state index contributed by atoms with van der Waals surface area (Å²) in [5, 5.41) is 16.8. The maximum atomic E-state index is 11.6. The first-order chi connectivity index (χ1) is 8.94. The summed E-state index contributed by atoms with van der Waals surface area (Å²) in [6.45, 7) is 7.48. The standard InChI is InChI=1S/C14H24N2O2S/c1-11-5-8-19-12(11)9-16-13(18)15-7-4-6-14(2,3)10-17/h5,8,17H,4,6-7,9-10H2,1-3H3,(H2,15,16,18). The van der Waals surface area contributed by atoms with E-state index in [9.17, 15) is 4.79 Å². The van der Waals surface area contributed by atoms with E-state index >= 15 is 0 Å². The number of thiophene rings is 1. The van der Waals surface area contributed by atoms with Gasteiger partial charge < -0.3 is 15.7 Å². The highest BCUT2D eigenvalue weighted by Gasteiger charge is 2.15. The van der Waals surface area contributed by atoms with Gasteiger partial charge in [0.2, 0.25) is 0 Å². The van der Waals surface area contributed by atoms with E-state index in [0.29, 0.717) is 13.1 Å². The van der Waals surface area contributed by atoms with Crippen LogP contribution in [0.3, 0.4) is 0 Å². The lowest BCUT2D eigenvalue weighted by Gasteiger charge is -2.21. The summed E-state index contributed by atoms with van der Waals surface area (Å²) in [7, 11) is 0. The highest BCUT2D eigenvalue weighted by molar-refractivity contribution is 7.10. The summed E-state index contributed by atoms with van der Waals surface area (Å²) >= 11 is 1.66. The molecule has 0 fully saturated rings. The van der Waals surface area contributed by atoms with Gasteiger partial charge in [0.1, 0.15) is 0 Å². The van der Waals surface area contributed by atoms with Crippen LogP contribution in [-0.4, -0.2) is 24.3 Å². The van der Waals surface area contributed by atoms with Crippen LogP contribution in [0.4, 0.5) is 4.79 Å². The monoisotopic (exact) mass is 284 g/mol. The molecule has 19 heavy (non-hydrogen) atoms. The predicted octanol–water partition coefficient (Wildman–Crippen LogP) is 2.65. The molecule has 0 aliphatic heterocycles. The van der Waals surface area contributed by atoms with E-state index in [1.807, 2.05) is 26.2 Å². The molecule has 1 rings (SSSR count). The average molecular weight is 284 g/mol. The minimum absolute atomic E-state index is 0.0633. The fraction of sp³-hybridized carbons (Fsp3) is 0.643. The number of aliphatic hydroxyl groups excluding tert-OH is 1. The second-order valence-corrected chi connectivity index (χ2v) is 6.56. The molecule has 0 aliphatic carbocycles. The molecular formula is C14H24N2O2S. The van der Waals surface area contributed by atoms with E-state index in [-0.39, 0.29) is 18.1 Å². The second kappa shape index (κ2) is 7.50. The zero-order chi connectivity index (χ0) is 14.3. The Kier molecular flexibility index (Phi) is 6.31. The van der Waals surface area contributed by atoms with Gasteiger partial charge in [0, 0.05) is 18.0 Å². The van der Waals surface area contributed by atoms with E-state index in [1.54, 1.807) is 11.3 Å². The smallest absolute Gasteiger partial charge is 0.315 e. The van der Waals surface area contributed by atoms with Crippen LogP contribution in [0, 0.1) is 12.3 Å². The molecule has 1 aromatic rings. The van der Waals surface area contributed by atoms with Crippen LogP contribution in [0.1, 0.15) is 37.1 Å². The fourth-order valence-electron chi connectivity index (χ4n) is 1.66. The third kappa shape index (κ3) is 6.07. The summed E-state index contributed by atoms with van der Waals surface area (Å²) in [4.78, 5) is 12.8. The largest absolute Gasteiger partial charge is 0.396 e. The zero-order valence-corrected chi connectivity index (χ0v) is 12.8. The van der Waals surface area contributed by atoms with Crippen LogP contribution < -0.4 is 10.6 Å². The third-order valence-corrected chi connectivity index (χ3v) is 4.14. The molecule has 0 unspecified atom stereocenters. The van der Waals surface area contributed by atoms with Gasteiger partial charge in [-0.3, -0.25) is 0 Å². The summed E-state index contributed by atoms with van der Waals surface area (Å²) in [5.74, 6) is 0. The van der Waals surface area contributed by atoms with E-state index in [4.69, 9.17) is 5.11 Å². The Morgan fingerprint density at radius 1 is 1.42 bits per heavy atom. The van der Waals surface area contributed by atoms with Crippen molar-refractivity contribution < 1.29 is 9.90 Å². The molecule has 2 amide bonds. The number of nitrogens with one attached hydrogen (secondary N) is 2. The normalized spacial score (nSPS) is 11.4. The molecule has 1 heterocycles. The number of amides is 2. The van der Waals surface area contributed by atoms with Crippen molar-refractivity contribution in [2.24, 2.45) is 5.41 Å². The Bertz CT molecular complexity index is 402. The fourth-order valence-corrected chi connectivity index (χ4v) is 2.50. The van der Waals surface area contributed by atoms with Gasteiger partial charge in [0.05, 0.1) is 6.54 Å². The molecule has 0 saturated heterocycles. The molecule has 1 aromatic heterocycles. The molecule has 5 heteroatoms. The van der Waals surface area contributed by atoms with Crippen LogP contribution in [0.2, 0.25) is 0 Å². The minimum Gasteiger partial charge on any atom is -0.396 e. The Hall–Kier alpha value is -1.07. The number of hydrogen-bond donors (Lipinski definition) is 3. The van der Waals surface area contributed by atoms with Crippen molar-refractivity contribution in [2.75, 3.05) is 13.2 Å². The molecule has 0 aliphatic rings. The van der Waals surface area contributed by atoms with E-state index in [2.05, 4.69) is 16.7 Å². The Morgan fingerprint density at radius 2 is 2.16 bits per heavy atom. The van der Waals surface area contributed by atoms with Gasteiger partial charge in [0.15, 0.2) is 0 Å². The lowest BCUT2D eigenvalue weighted by molar-refractivity contribution is 0.148. The summed E-state index contributed by atoms with van der Waals surface area (Å²) in [6, 6.07) is 1.92. The molecule has 108 valence electrons. The van der Waals surface area contributed by atoms with Gasteiger partial charge in [0.25, 0.3) is 0 Å². The lowest BCUT2D eigenvalue weighted by Crippen LogP contribution is -2.35. The molecule has 0 radical (unpaired) electrons. The number of carbonyl (C=O) groups excluding carboxylic acids is 1. The highest BCUT2D eigenvalue weighted by atomic mass is 32.1. The topological polar surface area (TPSA) is 61.4 Å². The Morgan fingerprint density at radius 3 is 2.74 bits per heavy atom. The van der Waals surface area contributed by atoms with Crippen molar-refractivity contribution in [3.63, 3.8) is 0 Å². The maximum absolute atomic E-state index is 11.6. The summed E-state index contributed by atoms with van der Waals surface area (Å²) in [6.07, 6.45) is 1.77. The van der Waals surface area contributed by atoms with Crippen LogP contribution in [-0.2, 0) is 6.54 Å². The average Bonchev–Trinajstić information content (AvgIpc) is 2.78. The first kappa shape index (κ1) is 16.0. The van der Waals surface area contributed by atoms with Gasteiger partial charge in [-0.1, -0.05) is 13.8 Å². The number of carbonyl (C=O) groups is 1. The quantitative estimate of drug-likeness (QED) is 0.674. The van der Waals surface area contributed by atoms with Gasteiger partial charge in [-0.2, -0.15) is 0 Å². The highest BCUT2D eigenvalue weighted by Crippen LogP contribution is 2.20. The van der Waals surface area contributed by atoms with Crippen molar-refractivity contribution in [2.45, 2.75) is 40.2 Å². The summed E-state index contributed by atoms with van der Waals surface area (Å²) < 4.78 is 0. The van der Waals surface area contributed by atoms with E-state index in [1.165, 1.54) is 10.4 Å². The molecular weight excluding hydrogens is 260 g/mol. The molecule has 0 atom stereocenters. The van der Waals surface area contributed by atoms with Gasteiger partial charge in [-0.15, -0.1) is 11.3 Å². The molecule has 0 bridgehead atoms. The van der Waals surface area contributed by atoms with Crippen molar-refractivity contribution in [1.29, 1.82) is 0 Å². The number of urea groups is 1. The van der Waals surface area contributed by atoms with Gasteiger partial charge in [-0.25, -0.2) is 4.79 Å². The second-order valence-electron chi connectivity index (χ2n) is 5.56. The minimum atomic E-state index is -0.130. The number of hydrogen-bond acceptors (Lipinski definition) is 3. The maximum Gasteiger partial charge on any atom is 0.315 e. The molecule has 4 nitrogen and oxygen atoms in total. The summed E-state index contributed by atoms with van der Waals surface area (Å²) in [5.41, 5.74) is 1.15. The van der Waals surface area contributed by atoms with Crippen molar-refractivity contribution in [3.8, 4) is 0 Å². The Labute approximate surface area is 119 Å². The van der Waals surface area contributed by atoms with Crippen molar-refractivity contribution >= 4 is 17.4 Å². The van der Waals surface area contributed by atoms with E-state index < -0.39 is 0 Å². The first-order valence-electron chi connectivity index (χ1n) is 6.60. The zero-order valence-electron chi connectivity index (χ0n) is 12.0. The van der Waals surface area contributed by atoms with Crippen LogP contribution >= 0.6 is 11.3 Å². The van der Waals surface area contributed by atoms with Gasteiger partial charge >= 0.3 is 6.03 Å². The van der Waals surface area contributed by atoms with Crippen LogP contribution in [0.15, 0.2) is 11.4 Å².